The lowest BCUT2D eigenvalue weighted by Gasteiger charge is -2.15. The Bertz CT molecular complexity index is 1270. The van der Waals surface area contributed by atoms with Crippen molar-refractivity contribution in [3.05, 3.63) is 98.9 Å². The number of aryl methyl sites for hydroxylation is 1. The number of hydrogen-bond acceptors (Lipinski definition) is 5. The smallest absolute Gasteiger partial charge is 0.363 e. The van der Waals surface area contributed by atoms with E-state index in [1.807, 2.05) is 38.1 Å². The monoisotopic (exact) mass is 509 g/mol. The molecule has 0 unspecified atom stereocenters. The minimum atomic E-state index is -0.526. The highest BCUT2D eigenvalue weighted by Gasteiger charge is 2.25. The van der Waals surface area contributed by atoms with Gasteiger partial charge in [0.25, 0.3) is 0 Å². The Morgan fingerprint density at radius 3 is 2.61 bits per heavy atom. The Hall–Kier alpha value is -3.45. The van der Waals surface area contributed by atoms with E-state index in [4.69, 9.17) is 14.2 Å². The van der Waals surface area contributed by atoms with Gasteiger partial charge in [-0.2, -0.15) is 0 Å². The third-order valence-corrected chi connectivity index (χ3v) is 5.55. The molecule has 5 nitrogen and oxygen atoms in total. The van der Waals surface area contributed by atoms with E-state index < -0.39 is 5.97 Å². The van der Waals surface area contributed by atoms with E-state index in [0.29, 0.717) is 33.7 Å². The van der Waals surface area contributed by atoms with Crippen LogP contribution in [-0.2, 0) is 16.1 Å². The molecule has 1 aliphatic heterocycles. The summed E-state index contributed by atoms with van der Waals surface area (Å²) >= 11 is 3.50. The van der Waals surface area contributed by atoms with Gasteiger partial charge < -0.3 is 14.2 Å². The zero-order chi connectivity index (χ0) is 23.4. The van der Waals surface area contributed by atoms with Crippen LogP contribution in [0, 0.1) is 12.7 Å². The average Bonchev–Trinajstić information content (AvgIpc) is 3.14. The summed E-state index contributed by atoms with van der Waals surface area (Å²) in [5, 5.41) is 0. The minimum Gasteiger partial charge on any atom is -0.490 e. The lowest BCUT2D eigenvalue weighted by molar-refractivity contribution is -0.129. The highest BCUT2D eigenvalue weighted by molar-refractivity contribution is 9.10. The molecule has 7 heteroatoms. The fourth-order valence-corrected chi connectivity index (χ4v) is 3.91. The van der Waals surface area contributed by atoms with E-state index in [1.165, 1.54) is 6.07 Å². The number of aliphatic imine (C=N–C) groups is 1. The molecule has 0 bridgehead atoms. The second-order valence-electron chi connectivity index (χ2n) is 7.29. The van der Waals surface area contributed by atoms with E-state index in [1.54, 1.807) is 36.4 Å². The molecular weight excluding hydrogens is 489 g/mol. The molecule has 0 saturated carbocycles. The lowest BCUT2D eigenvalue weighted by atomic mass is 10.1. The van der Waals surface area contributed by atoms with Gasteiger partial charge in [0, 0.05) is 11.1 Å². The maximum absolute atomic E-state index is 14.0. The Balaban J connectivity index is 1.63. The predicted octanol–water partition coefficient (Wildman–Crippen LogP) is 6.22. The molecule has 1 heterocycles. The molecule has 1 aliphatic rings. The van der Waals surface area contributed by atoms with Crippen LogP contribution in [-0.4, -0.2) is 18.5 Å². The Morgan fingerprint density at radius 1 is 1.09 bits per heavy atom. The topological polar surface area (TPSA) is 57.1 Å². The predicted molar refractivity (Wildman–Crippen MR) is 128 cm³/mol. The Morgan fingerprint density at radius 2 is 1.85 bits per heavy atom. The van der Waals surface area contributed by atoms with Gasteiger partial charge in [-0.3, -0.25) is 0 Å². The van der Waals surface area contributed by atoms with E-state index in [-0.39, 0.29) is 24.0 Å². The van der Waals surface area contributed by atoms with Gasteiger partial charge in [-0.05, 0) is 71.2 Å². The zero-order valence-electron chi connectivity index (χ0n) is 18.1. The summed E-state index contributed by atoms with van der Waals surface area (Å²) in [5.41, 5.74) is 3.02. The number of nitrogens with zero attached hydrogens (tertiary/aromatic N) is 1. The number of ether oxygens (including phenoxy) is 3. The minimum absolute atomic E-state index is 0.0438. The molecule has 0 amide bonds. The number of cyclic esters (lactones) is 1. The van der Waals surface area contributed by atoms with Crippen LogP contribution in [0.25, 0.3) is 6.08 Å². The SMILES string of the molecule is CCOc1cc(/C=C2\N=C(c3ccccc3C)OC2=O)cc(Br)c1OCc1ccccc1F. The van der Waals surface area contributed by atoms with Gasteiger partial charge >= 0.3 is 5.97 Å². The number of benzene rings is 3. The Kier molecular flexibility index (Phi) is 6.89. The molecular formula is C26H21BrFNO4. The van der Waals surface area contributed by atoms with Crippen LogP contribution in [0.15, 0.2) is 75.8 Å². The summed E-state index contributed by atoms with van der Waals surface area (Å²) in [5.74, 6) is 0.320. The molecule has 0 radical (unpaired) electrons. The highest BCUT2D eigenvalue weighted by Crippen LogP contribution is 2.38. The number of hydrogen-bond donors (Lipinski definition) is 0. The van der Waals surface area contributed by atoms with Crippen LogP contribution in [0.3, 0.4) is 0 Å². The summed E-state index contributed by atoms with van der Waals surface area (Å²) in [4.78, 5) is 16.8. The van der Waals surface area contributed by atoms with Crippen molar-refractivity contribution in [1.82, 2.24) is 0 Å². The van der Waals surface area contributed by atoms with Crippen molar-refractivity contribution in [3.8, 4) is 11.5 Å². The number of esters is 1. The van der Waals surface area contributed by atoms with Crippen LogP contribution in [0.5, 0.6) is 11.5 Å². The summed E-state index contributed by atoms with van der Waals surface area (Å²) in [6.07, 6.45) is 1.63. The van der Waals surface area contributed by atoms with Gasteiger partial charge in [0.05, 0.1) is 11.1 Å². The van der Waals surface area contributed by atoms with Crippen LogP contribution < -0.4 is 9.47 Å². The first-order valence-electron chi connectivity index (χ1n) is 10.4. The summed E-state index contributed by atoms with van der Waals surface area (Å²) in [7, 11) is 0. The molecule has 168 valence electrons. The first kappa shape index (κ1) is 22.7. The third kappa shape index (κ3) is 5.14. The normalized spacial score (nSPS) is 14.2. The molecule has 0 aliphatic carbocycles. The maximum atomic E-state index is 14.0. The Labute approximate surface area is 199 Å². The molecule has 0 aromatic heterocycles. The van der Waals surface area contributed by atoms with E-state index >= 15 is 0 Å². The molecule has 3 aromatic carbocycles. The quantitative estimate of drug-likeness (QED) is 0.280. The van der Waals surface area contributed by atoms with Gasteiger partial charge in [0.1, 0.15) is 12.4 Å². The first-order chi connectivity index (χ1) is 16.0. The number of rotatable bonds is 7. The standard InChI is InChI=1S/C26H21BrFNO4/c1-3-31-23-14-17(12-20(27)24(23)32-15-18-9-5-7-11-21(18)28)13-22-26(30)33-25(29-22)19-10-6-4-8-16(19)2/h4-14H,3,15H2,1-2H3/b22-13-. The maximum Gasteiger partial charge on any atom is 0.363 e. The van der Waals surface area contributed by atoms with Crippen LogP contribution in [0.1, 0.15) is 29.2 Å². The number of halogens is 2. The zero-order valence-corrected chi connectivity index (χ0v) is 19.7. The second kappa shape index (κ2) is 10.0. The van der Waals surface area contributed by atoms with Gasteiger partial charge in [-0.15, -0.1) is 0 Å². The molecule has 0 N–H and O–H groups in total. The van der Waals surface area contributed by atoms with E-state index in [2.05, 4.69) is 20.9 Å². The fourth-order valence-electron chi connectivity index (χ4n) is 3.33. The molecule has 4 rings (SSSR count). The van der Waals surface area contributed by atoms with Gasteiger partial charge in [-0.25, -0.2) is 14.2 Å². The molecule has 0 spiro atoms. The van der Waals surface area contributed by atoms with Crippen LogP contribution in [0.2, 0.25) is 0 Å². The van der Waals surface area contributed by atoms with Gasteiger partial charge in [0.2, 0.25) is 5.90 Å². The molecule has 0 saturated heterocycles. The molecule has 0 atom stereocenters. The van der Waals surface area contributed by atoms with E-state index in [9.17, 15) is 9.18 Å². The summed E-state index contributed by atoms with van der Waals surface area (Å²) < 4.78 is 31.6. The van der Waals surface area contributed by atoms with Crippen molar-refractivity contribution in [2.45, 2.75) is 20.5 Å². The average molecular weight is 510 g/mol. The van der Waals surface area contributed by atoms with Crippen LogP contribution in [0.4, 0.5) is 4.39 Å². The van der Waals surface area contributed by atoms with Gasteiger partial charge in [0.15, 0.2) is 17.2 Å². The van der Waals surface area contributed by atoms with Crippen LogP contribution >= 0.6 is 15.9 Å². The van der Waals surface area contributed by atoms with Crippen molar-refractivity contribution < 1.29 is 23.4 Å². The van der Waals surface area contributed by atoms with Gasteiger partial charge in [-0.1, -0.05) is 36.4 Å². The molecule has 33 heavy (non-hydrogen) atoms. The molecule has 0 fully saturated rings. The fraction of sp³-hybridized carbons (Fsp3) is 0.154. The van der Waals surface area contributed by atoms with Crippen molar-refractivity contribution in [3.63, 3.8) is 0 Å². The third-order valence-electron chi connectivity index (χ3n) is 4.96. The number of carbonyl (C=O) groups excluding carboxylic acids is 1. The van der Waals surface area contributed by atoms with Crippen molar-refractivity contribution in [2.24, 2.45) is 4.99 Å². The largest absolute Gasteiger partial charge is 0.490 e. The molecule has 3 aromatic rings. The number of carbonyl (C=O) groups is 1. The summed E-state index contributed by atoms with van der Waals surface area (Å²) in [6, 6.07) is 17.5. The highest BCUT2D eigenvalue weighted by atomic mass is 79.9. The van der Waals surface area contributed by atoms with Crippen molar-refractivity contribution >= 4 is 33.9 Å². The van der Waals surface area contributed by atoms with Crippen molar-refractivity contribution in [1.29, 1.82) is 0 Å². The van der Waals surface area contributed by atoms with Crippen molar-refractivity contribution in [2.75, 3.05) is 6.61 Å². The van der Waals surface area contributed by atoms with E-state index in [0.717, 1.165) is 11.1 Å². The first-order valence-corrected chi connectivity index (χ1v) is 11.2. The summed E-state index contributed by atoms with van der Waals surface area (Å²) in [6.45, 7) is 4.23. The lowest BCUT2D eigenvalue weighted by Crippen LogP contribution is -2.06. The second-order valence-corrected chi connectivity index (χ2v) is 8.15.